The smallest absolute Gasteiger partial charge is 0.151 e. The van der Waals surface area contributed by atoms with Gasteiger partial charge in [-0.15, -0.1) is 11.8 Å². The van der Waals surface area contributed by atoms with Gasteiger partial charge in [0.1, 0.15) is 15.6 Å². The summed E-state index contributed by atoms with van der Waals surface area (Å²) in [5.41, 5.74) is -0.859. The van der Waals surface area contributed by atoms with Crippen molar-refractivity contribution in [3.8, 4) is 0 Å². The Kier molecular flexibility index (Phi) is 2.51. The number of ketones is 2. The highest BCUT2D eigenvalue weighted by atomic mass is 32.2. The molecule has 2 aliphatic carbocycles. The van der Waals surface area contributed by atoms with Gasteiger partial charge >= 0.3 is 0 Å². The van der Waals surface area contributed by atoms with Crippen LogP contribution in [0.3, 0.4) is 0 Å². The maximum atomic E-state index is 12.1. The summed E-state index contributed by atoms with van der Waals surface area (Å²) in [6, 6.07) is 0. The first kappa shape index (κ1) is 14.0. The number of hydrogen-bond donors (Lipinski definition) is 0. The molecule has 1 aliphatic heterocycles. The predicted molar refractivity (Wildman–Crippen MR) is 77.6 cm³/mol. The Morgan fingerprint density at radius 2 is 1.47 bits per heavy atom. The fourth-order valence-electron chi connectivity index (χ4n) is 3.87. The van der Waals surface area contributed by atoms with Crippen LogP contribution in [0.25, 0.3) is 0 Å². The topological polar surface area (TPSA) is 43.4 Å². The van der Waals surface area contributed by atoms with Gasteiger partial charge < -0.3 is 0 Å². The lowest BCUT2D eigenvalue weighted by Gasteiger charge is -2.58. The highest BCUT2D eigenvalue weighted by molar-refractivity contribution is 8.19. The molecular formula is C14H20O3S2. The zero-order chi connectivity index (χ0) is 14.4. The lowest BCUT2D eigenvalue weighted by molar-refractivity contribution is -0.163. The van der Waals surface area contributed by atoms with Crippen LogP contribution in [-0.2, 0) is 13.8 Å². The Balaban J connectivity index is 1.98. The lowest BCUT2D eigenvalue weighted by Crippen LogP contribution is -2.68. The minimum absolute atomic E-state index is 0.0180. The summed E-state index contributed by atoms with van der Waals surface area (Å²) in [5, 5.41) is 0. The molecule has 0 amide bonds. The predicted octanol–water partition coefficient (Wildman–Crippen LogP) is 3.28. The first-order chi connectivity index (χ1) is 8.54. The van der Waals surface area contributed by atoms with E-state index in [9.17, 15) is 9.59 Å². The van der Waals surface area contributed by atoms with Crippen molar-refractivity contribution in [2.24, 2.45) is 22.7 Å². The van der Waals surface area contributed by atoms with E-state index in [0.29, 0.717) is 5.78 Å². The van der Waals surface area contributed by atoms with E-state index in [2.05, 4.69) is 0 Å². The molecule has 3 fully saturated rings. The molecule has 106 valence electrons. The van der Waals surface area contributed by atoms with Crippen LogP contribution in [0.4, 0.5) is 0 Å². The van der Waals surface area contributed by atoms with Gasteiger partial charge in [0.15, 0.2) is 4.93 Å². The van der Waals surface area contributed by atoms with E-state index >= 15 is 0 Å². The molecule has 0 aromatic carbocycles. The molecule has 1 heterocycles. The van der Waals surface area contributed by atoms with E-state index in [1.807, 2.05) is 41.5 Å². The average Bonchev–Trinajstić information content (AvgIpc) is 2.81. The average molecular weight is 300 g/mol. The van der Waals surface area contributed by atoms with Crippen molar-refractivity contribution in [2.75, 3.05) is 0 Å². The fraction of sp³-hybridized carbons (Fsp3) is 0.857. The minimum atomic E-state index is -0.471. The van der Waals surface area contributed by atoms with Gasteiger partial charge in [-0.25, -0.2) is 0 Å². The molecule has 3 nitrogen and oxygen atoms in total. The molecule has 1 saturated heterocycles. The van der Waals surface area contributed by atoms with Crippen molar-refractivity contribution in [1.29, 1.82) is 0 Å². The van der Waals surface area contributed by atoms with E-state index in [4.69, 9.17) is 4.18 Å². The molecule has 0 N–H and O–H groups in total. The zero-order valence-electron chi connectivity index (χ0n) is 12.2. The maximum absolute atomic E-state index is 12.1. The number of rotatable bonds is 0. The highest BCUT2D eigenvalue weighted by Gasteiger charge is 2.80. The summed E-state index contributed by atoms with van der Waals surface area (Å²) in [4.78, 5) is 23.7. The number of carbonyl (C=O) groups excluding carboxylic acids is 2. The van der Waals surface area contributed by atoms with Gasteiger partial charge in [0.05, 0.1) is 16.7 Å². The van der Waals surface area contributed by atoms with Gasteiger partial charge in [-0.1, -0.05) is 27.7 Å². The van der Waals surface area contributed by atoms with E-state index in [0.717, 1.165) is 0 Å². The maximum Gasteiger partial charge on any atom is 0.151 e. The van der Waals surface area contributed by atoms with E-state index < -0.39 is 10.3 Å². The largest absolute Gasteiger partial charge is 0.299 e. The number of carbonyl (C=O) groups is 2. The van der Waals surface area contributed by atoms with Crippen LogP contribution >= 0.6 is 23.8 Å². The molecule has 3 rings (SSSR count). The van der Waals surface area contributed by atoms with Gasteiger partial charge in [0.2, 0.25) is 0 Å². The third-order valence-electron chi connectivity index (χ3n) is 5.49. The summed E-state index contributed by atoms with van der Waals surface area (Å²) in [5.74, 6) is 0.437. The van der Waals surface area contributed by atoms with Crippen LogP contribution in [0.5, 0.6) is 0 Å². The van der Waals surface area contributed by atoms with Gasteiger partial charge in [-0.2, -0.15) is 0 Å². The summed E-state index contributed by atoms with van der Waals surface area (Å²) in [6.45, 7) is 11.8. The van der Waals surface area contributed by atoms with Gasteiger partial charge in [-0.3, -0.25) is 13.8 Å². The molecular weight excluding hydrogens is 280 g/mol. The van der Waals surface area contributed by atoms with Crippen LogP contribution in [-0.4, -0.2) is 20.6 Å². The summed E-state index contributed by atoms with van der Waals surface area (Å²) in [7, 11) is 0. The Morgan fingerprint density at radius 3 is 1.95 bits per heavy atom. The Morgan fingerprint density at radius 1 is 0.947 bits per heavy atom. The molecule has 0 radical (unpaired) electrons. The number of Topliss-reactive ketones (excluding diaryl/α,β-unsaturated/α-hetero) is 2. The first-order valence-corrected chi connectivity index (χ1v) is 8.26. The standard InChI is InChI=1S/C14H20O3S2/c1-7-9(15)11(3,4)13(7)17-19-14(18-13)8(2)10(16)12(14,5)6/h7-8H,1-6H3. The highest BCUT2D eigenvalue weighted by Crippen LogP contribution is 2.78. The van der Waals surface area contributed by atoms with Crippen molar-refractivity contribution in [3.05, 3.63) is 0 Å². The molecule has 4 unspecified atom stereocenters. The quantitative estimate of drug-likeness (QED) is 0.642. The van der Waals surface area contributed by atoms with Crippen LogP contribution in [0.1, 0.15) is 41.5 Å². The molecule has 3 aliphatic rings. The Hall–Kier alpha value is -0.0000000000000000555. The van der Waals surface area contributed by atoms with Crippen molar-refractivity contribution in [1.82, 2.24) is 0 Å². The minimum Gasteiger partial charge on any atom is -0.299 e. The third-order valence-corrected chi connectivity index (χ3v) is 9.93. The normalized spacial score (nSPS) is 50.4. The van der Waals surface area contributed by atoms with Gasteiger partial charge in [0, 0.05) is 18.0 Å². The monoisotopic (exact) mass is 300 g/mol. The second kappa shape index (κ2) is 3.42. The summed E-state index contributed by atoms with van der Waals surface area (Å²) >= 11 is 3.16. The summed E-state index contributed by atoms with van der Waals surface area (Å²) < 4.78 is 5.85. The molecule has 2 saturated carbocycles. The van der Waals surface area contributed by atoms with Gasteiger partial charge in [-0.05, 0) is 13.8 Å². The van der Waals surface area contributed by atoms with Crippen molar-refractivity contribution < 1.29 is 13.8 Å². The molecule has 2 spiro atoms. The molecule has 4 atom stereocenters. The number of hydrogen-bond acceptors (Lipinski definition) is 5. The summed E-state index contributed by atoms with van der Waals surface area (Å²) in [6.07, 6.45) is 0. The molecule has 0 bridgehead atoms. The molecule has 0 aromatic rings. The molecule has 0 aromatic heterocycles. The van der Waals surface area contributed by atoms with Crippen LogP contribution in [0.2, 0.25) is 0 Å². The fourth-order valence-corrected chi connectivity index (χ4v) is 7.60. The Labute approximate surface area is 122 Å². The Bertz CT molecular complexity index is 455. The van der Waals surface area contributed by atoms with E-state index in [-0.39, 0.29) is 27.1 Å². The van der Waals surface area contributed by atoms with Crippen molar-refractivity contribution in [2.45, 2.75) is 50.6 Å². The number of thioether (sulfide) groups is 1. The van der Waals surface area contributed by atoms with Crippen LogP contribution < -0.4 is 0 Å². The first-order valence-electron chi connectivity index (χ1n) is 6.70. The SMILES string of the molecule is CC1C(=O)C(C)(C)C12OSC1(S2)C(C)C(=O)C1(C)C. The second-order valence-electron chi connectivity index (χ2n) is 7.03. The molecule has 5 heteroatoms. The van der Waals surface area contributed by atoms with Crippen LogP contribution in [0.15, 0.2) is 0 Å². The third kappa shape index (κ3) is 1.16. The molecule has 19 heavy (non-hydrogen) atoms. The van der Waals surface area contributed by atoms with E-state index in [1.165, 1.54) is 12.0 Å². The van der Waals surface area contributed by atoms with Crippen molar-refractivity contribution in [3.63, 3.8) is 0 Å². The van der Waals surface area contributed by atoms with Crippen LogP contribution in [0, 0.1) is 22.7 Å². The van der Waals surface area contributed by atoms with E-state index in [1.54, 1.807) is 11.8 Å². The van der Waals surface area contributed by atoms with Gasteiger partial charge in [0.25, 0.3) is 0 Å². The zero-order valence-corrected chi connectivity index (χ0v) is 13.8. The van der Waals surface area contributed by atoms with Crippen molar-refractivity contribution >= 4 is 35.4 Å². The lowest BCUT2D eigenvalue weighted by atomic mass is 9.60. The second-order valence-corrected chi connectivity index (χ2v) is 9.72.